The largest absolute Gasteiger partial charge is 0.351 e. The predicted octanol–water partition coefficient (Wildman–Crippen LogP) is 4.82. The number of benzene rings is 3. The number of nitrogens with zero attached hydrogens (tertiary/aromatic N) is 5. The van der Waals surface area contributed by atoms with E-state index in [-0.39, 0.29) is 22.7 Å². The third-order valence-electron chi connectivity index (χ3n) is 4.79. The summed E-state index contributed by atoms with van der Waals surface area (Å²) in [7, 11) is -9.46. The molecule has 0 aromatic heterocycles. The molecule has 0 saturated heterocycles. The zero-order valence-corrected chi connectivity index (χ0v) is 20.8. The van der Waals surface area contributed by atoms with Gasteiger partial charge in [0.2, 0.25) is 0 Å². The molecule has 16 heteroatoms. The van der Waals surface area contributed by atoms with Crippen molar-refractivity contribution in [2.24, 2.45) is 26.2 Å². The van der Waals surface area contributed by atoms with E-state index in [4.69, 9.17) is 5.73 Å². The van der Waals surface area contributed by atoms with Crippen LogP contribution in [0.2, 0.25) is 0 Å². The van der Waals surface area contributed by atoms with Crippen molar-refractivity contribution in [2.75, 3.05) is 5.32 Å². The van der Waals surface area contributed by atoms with Crippen LogP contribution in [0.3, 0.4) is 0 Å². The summed E-state index contributed by atoms with van der Waals surface area (Å²) in [5, 5.41) is 18.3. The van der Waals surface area contributed by atoms with E-state index in [0.717, 1.165) is 18.2 Å². The summed E-state index contributed by atoms with van der Waals surface area (Å²) >= 11 is 0. The number of aryl methyl sites for hydroxylation is 2. The fraction of sp³-hybridized carbons (Fsp3) is 0.0952. The summed E-state index contributed by atoms with van der Waals surface area (Å²) in [6.07, 6.45) is 0. The molecule has 0 atom stereocenters. The van der Waals surface area contributed by atoms with Crippen molar-refractivity contribution < 1.29 is 30.7 Å². The topological polar surface area (TPSA) is 236 Å². The highest BCUT2D eigenvalue weighted by molar-refractivity contribution is 7.86. The average molecular weight is 546 g/mol. The highest BCUT2D eigenvalue weighted by atomic mass is 32.2. The second-order valence-corrected chi connectivity index (χ2v) is 10.4. The first-order chi connectivity index (χ1) is 17.1. The molecule has 37 heavy (non-hydrogen) atoms. The number of azo groups is 2. The first kappa shape index (κ1) is 27.3. The van der Waals surface area contributed by atoms with Crippen LogP contribution >= 0.6 is 0 Å². The number of anilines is 1. The zero-order chi connectivity index (χ0) is 27.5. The maximum Gasteiger partial charge on any atom is 0.316 e. The Kier molecular flexibility index (Phi) is 7.68. The number of urea groups is 1. The molecule has 0 saturated carbocycles. The predicted molar refractivity (Wildman–Crippen MR) is 132 cm³/mol. The van der Waals surface area contributed by atoms with Crippen molar-refractivity contribution in [3.05, 3.63) is 59.7 Å². The number of rotatable bonds is 7. The van der Waals surface area contributed by atoms with Gasteiger partial charge in [0, 0.05) is 0 Å². The van der Waals surface area contributed by atoms with Crippen molar-refractivity contribution in [1.82, 2.24) is 5.73 Å². The molecule has 0 heterocycles. The number of nitrogens with two attached hydrogens (primary N) is 1. The molecule has 14 nitrogen and oxygen atoms in total. The molecule has 0 fully saturated rings. The molecule has 2 radical (unpaired) electrons. The lowest BCUT2D eigenvalue weighted by atomic mass is 10.1. The van der Waals surface area contributed by atoms with Crippen LogP contribution in [0.25, 0.3) is 0 Å². The molecule has 0 aliphatic rings. The summed E-state index contributed by atoms with van der Waals surface area (Å²) in [5.74, 6) is 0. The Hall–Kier alpha value is -4.25. The third-order valence-corrected chi connectivity index (χ3v) is 6.54. The summed E-state index contributed by atoms with van der Waals surface area (Å²) in [5.41, 5.74) is 16.2. The third kappa shape index (κ3) is 6.91. The van der Waals surface area contributed by atoms with Gasteiger partial charge in [-0.15, -0.1) is 10.2 Å². The second kappa shape index (κ2) is 10.4. The highest BCUT2D eigenvalue weighted by Crippen LogP contribution is 2.34. The smallest absolute Gasteiger partial charge is 0.316 e. The maximum atomic E-state index is 11.7. The van der Waals surface area contributed by atoms with Gasteiger partial charge in [-0.05, 0) is 73.5 Å². The molecule has 5 N–H and O–H groups in total. The molecule has 0 aliphatic heterocycles. The maximum absolute atomic E-state index is 11.7. The quantitative estimate of drug-likeness (QED) is 0.238. The van der Waals surface area contributed by atoms with Crippen LogP contribution in [0.1, 0.15) is 11.1 Å². The van der Waals surface area contributed by atoms with E-state index in [1.54, 1.807) is 26.0 Å². The van der Waals surface area contributed by atoms with E-state index in [1.807, 2.05) is 0 Å². The minimum Gasteiger partial charge on any atom is -0.351 e. The van der Waals surface area contributed by atoms with Gasteiger partial charge >= 0.3 is 6.03 Å². The molecule has 3 aromatic carbocycles. The molecule has 2 amide bonds. The van der Waals surface area contributed by atoms with Gasteiger partial charge in [0.05, 0.1) is 27.6 Å². The number of carbonyl (C=O) groups excluding carboxylic acids is 1. The fourth-order valence-electron chi connectivity index (χ4n) is 3.01. The lowest BCUT2D eigenvalue weighted by molar-refractivity contribution is 0.259. The SMILES string of the molecule is Cc1cc(N=Nc2cc(S(=O)(=O)O)ccc2S(=O)(=O)O)c(C)cc1N=Nc1ccc([N])cc1NC(N)=O. The monoisotopic (exact) mass is 545 g/mol. The lowest BCUT2D eigenvalue weighted by Crippen LogP contribution is -2.19. The Morgan fingerprint density at radius 1 is 0.784 bits per heavy atom. The van der Waals surface area contributed by atoms with Crippen LogP contribution in [0.5, 0.6) is 0 Å². The first-order valence-corrected chi connectivity index (χ1v) is 13.0. The molecule has 0 aliphatic carbocycles. The molecular weight excluding hydrogens is 526 g/mol. The summed E-state index contributed by atoms with van der Waals surface area (Å²) in [6, 6.07) is 8.62. The van der Waals surface area contributed by atoms with Gasteiger partial charge in [-0.1, -0.05) is 0 Å². The van der Waals surface area contributed by atoms with Gasteiger partial charge in [-0.2, -0.15) is 32.8 Å². The molecule has 3 rings (SSSR count). The van der Waals surface area contributed by atoms with Gasteiger partial charge in [0.25, 0.3) is 20.2 Å². The average Bonchev–Trinajstić information content (AvgIpc) is 2.77. The first-order valence-electron chi connectivity index (χ1n) is 10.1. The van der Waals surface area contributed by atoms with Gasteiger partial charge < -0.3 is 11.1 Å². The second-order valence-electron chi connectivity index (χ2n) is 7.60. The number of hydrogen-bond acceptors (Lipinski definition) is 9. The summed E-state index contributed by atoms with van der Waals surface area (Å²) in [4.78, 5) is 9.85. The lowest BCUT2D eigenvalue weighted by Gasteiger charge is -2.07. The molecule has 192 valence electrons. The van der Waals surface area contributed by atoms with Crippen molar-refractivity contribution in [2.45, 2.75) is 23.6 Å². The van der Waals surface area contributed by atoms with E-state index in [2.05, 4.69) is 25.8 Å². The van der Waals surface area contributed by atoms with Crippen LogP contribution in [0.4, 0.5) is 38.9 Å². The van der Waals surface area contributed by atoms with Crippen molar-refractivity contribution in [1.29, 1.82) is 0 Å². The Balaban J connectivity index is 1.98. The minimum atomic E-state index is -4.78. The van der Waals surface area contributed by atoms with Crippen LogP contribution in [0, 0.1) is 13.8 Å². The Labute approximate surface area is 211 Å². The standard InChI is InChI=1S/C21H19N7O7S2/c1-11-8-17(27-28-19-10-14(36(30,31)32)4-6-20(19)37(33,34)35)12(2)7-16(11)26-25-15-5-3-13(22)9-18(15)24-21(23)29/h3-10H,1-2H3,(H3,23,24,29)(H,30,31,32)(H,33,34,35). The minimum absolute atomic E-state index is 0.122. The Morgan fingerprint density at radius 2 is 1.32 bits per heavy atom. The van der Waals surface area contributed by atoms with Crippen LogP contribution in [-0.2, 0) is 20.2 Å². The van der Waals surface area contributed by atoms with Crippen LogP contribution < -0.4 is 16.8 Å². The molecule has 0 bridgehead atoms. The summed E-state index contributed by atoms with van der Waals surface area (Å²) < 4.78 is 64.8. The molecule has 0 spiro atoms. The molecular formula is C21H19N7O7S2. The number of nitrogens with one attached hydrogen (secondary N) is 1. The zero-order valence-electron chi connectivity index (χ0n) is 19.2. The van der Waals surface area contributed by atoms with E-state index < -0.39 is 41.7 Å². The van der Waals surface area contributed by atoms with E-state index in [0.29, 0.717) is 16.8 Å². The number of hydrogen-bond donors (Lipinski definition) is 4. The highest BCUT2D eigenvalue weighted by Gasteiger charge is 2.20. The van der Waals surface area contributed by atoms with Crippen molar-refractivity contribution in [3.8, 4) is 0 Å². The number of primary amides is 1. The van der Waals surface area contributed by atoms with Gasteiger partial charge in [0.15, 0.2) is 0 Å². The normalized spacial score (nSPS) is 12.3. The van der Waals surface area contributed by atoms with Crippen molar-refractivity contribution >= 4 is 60.4 Å². The van der Waals surface area contributed by atoms with Gasteiger partial charge in [-0.3, -0.25) is 9.11 Å². The van der Waals surface area contributed by atoms with E-state index in [1.165, 1.54) is 18.2 Å². The van der Waals surface area contributed by atoms with E-state index >= 15 is 0 Å². The van der Waals surface area contributed by atoms with Crippen molar-refractivity contribution in [3.63, 3.8) is 0 Å². The van der Waals surface area contributed by atoms with E-state index in [9.17, 15) is 36.5 Å². The summed E-state index contributed by atoms with van der Waals surface area (Å²) in [6.45, 7) is 3.32. The van der Waals surface area contributed by atoms with Crippen LogP contribution in [-0.4, -0.2) is 32.0 Å². The van der Waals surface area contributed by atoms with Gasteiger partial charge in [-0.25, -0.2) is 4.79 Å². The Morgan fingerprint density at radius 3 is 1.84 bits per heavy atom. The molecule has 3 aromatic rings. The number of carbonyl (C=O) groups is 1. The Bertz CT molecular complexity index is 1670. The fourth-order valence-corrected chi connectivity index (χ4v) is 4.12. The molecule has 0 unspecified atom stereocenters. The number of amides is 2. The van der Waals surface area contributed by atoms with Crippen LogP contribution in [0.15, 0.2) is 78.8 Å². The van der Waals surface area contributed by atoms with Gasteiger partial charge in [0.1, 0.15) is 16.3 Å².